The van der Waals surface area contributed by atoms with Gasteiger partial charge in [0.05, 0.1) is 5.69 Å². The third-order valence-corrected chi connectivity index (χ3v) is 4.55. The summed E-state index contributed by atoms with van der Waals surface area (Å²) in [6.07, 6.45) is 6.79. The third kappa shape index (κ3) is 4.72. The second-order valence-electron chi connectivity index (χ2n) is 6.05. The molecule has 2 rings (SSSR count). The number of rotatable bonds is 8. The van der Waals surface area contributed by atoms with Crippen molar-refractivity contribution in [2.75, 3.05) is 31.9 Å². The summed E-state index contributed by atoms with van der Waals surface area (Å²) >= 11 is 0. The van der Waals surface area contributed by atoms with Crippen LogP contribution in [-0.2, 0) is 6.42 Å². The van der Waals surface area contributed by atoms with Crippen LogP contribution in [0.1, 0.15) is 50.3 Å². The minimum atomic E-state index is 0.317. The lowest BCUT2D eigenvalue weighted by Gasteiger charge is -2.31. The monoisotopic (exact) mass is 304 g/mol. The molecule has 6 nitrogen and oxygen atoms in total. The molecule has 0 unspecified atom stereocenters. The number of aromatic nitrogens is 2. The van der Waals surface area contributed by atoms with Crippen LogP contribution >= 0.6 is 0 Å². The number of likely N-dealkylation sites (tertiary alicyclic amines) is 1. The predicted octanol–water partition coefficient (Wildman–Crippen LogP) is 1.65. The van der Waals surface area contributed by atoms with Crippen molar-refractivity contribution in [3.63, 3.8) is 0 Å². The van der Waals surface area contributed by atoms with Gasteiger partial charge in [0.2, 0.25) is 0 Å². The van der Waals surface area contributed by atoms with E-state index in [9.17, 15) is 0 Å². The lowest BCUT2D eigenvalue weighted by atomic mass is 10.0. The van der Waals surface area contributed by atoms with E-state index >= 15 is 0 Å². The Morgan fingerprint density at radius 3 is 2.82 bits per heavy atom. The van der Waals surface area contributed by atoms with E-state index in [4.69, 9.17) is 11.0 Å². The maximum absolute atomic E-state index is 9.01. The maximum atomic E-state index is 9.01. The summed E-state index contributed by atoms with van der Waals surface area (Å²) in [6.45, 7) is 6.96. The predicted molar refractivity (Wildman–Crippen MR) is 88.4 cm³/mol. The molecule has 4 N–H and O–H groups in total. The molecular formula is C16H28N6. The van der Waals surface area contributed by atoms with Crippen molar-refractivity contribution in [1.82, 2.24) is 20.4 Å². The molecule has 22 heavy (non-hydrogen) atoms. The first-order valence-electron chi connectivity index (χ1n) is 8.43. The summed E-state index contributed by atoms with van der Waals surface area (Å²) in [5, 5.41) is 19.4. The average molecular weight is 304 g/mol. The van der Waals surface area contributed by atoms with Gasteiger partial charge < -0.3 is 16.0 Å². The Hall–Kier alpha value is -1.58. The second kappa shape index (κ2) is 8.76. The first-order chi connectivity index (χ1) is 10.7. The number of unbranched alkanes of at least 4 members (excludes halogenated alkanes) is 2. The van der Waals surface area contributed by atoms with E-state index in [1.54, 1.807) is 0 Å². The maximum Gasteiger partial charge on any atom is 0.163 e. The molecule has 1 aliphatic heterocycles. The highest BCUT2D eigenvalue weighted by Crippen LogP contribution is 2.14. The van der Waals surface area contributed by atoms with Crippen molar-refractivity contribution in [3.8, 4) is 6.07 Å². The number of nitrogens with two attached hydrogens (primary N) is 1. The standard InChI is InChI=1S/C16H28N6/c1-2-22-10-7-13(8-11-22)19-9-5-3-4-6-15-14(12-17)16(18)21-20-15/h13,19H,2-11H2,1H3,(H3,18,20,21). The van der Waals surface area contributed by atoms with Crippen LogP contribution in [-0.4, -0.2) is 47.3 Å². The Morgan fingerprint density at radius 1 is 1.36 bits per heavy atom. The number of aromatic amines is 1. The Labute approximate surface area is 133 Å². The summed E-state index contributed by atoms with van der Waals surface area (Å²) in [5.74, 6) is 0.317. The number of nitriles is 1. The van der Waals surface area contributed by atoms with E-state index in [-0.39, 0.29) is 0 Å². The average Bonchev–Trinajstić information content (AvgIpc) is 2.91. The molecule has 6 heteroatoms. The zero-order valence-corrected chi connectivity index (χ0v) is 13.6. The molecule has 0 amide bonds. The summed E-state index contributed by atoms with van der Waals surface area (Å²) in [4.78, 5) is 2.51. The fourth-order valence-corrected chi connectivity index (χ4v) is 3.06. The molecule has 1 aromatic rings. The summed E-state index contributed by atoms with van der Waals surface area (Å²) in [6, 6.07) is 2.81. The van der Waals surface area contributed by atoms with Crippen molar-refractivity contribution in [1.29, 1.82) is 5.26 Å². The summed E-state index contributed by atoms with van der Waals surface area (Å²) in [7, 11) is 0. The van der Waals surface area contributed by atoms with Crippen LogP contribution in [0.3, 0.4) is 0 Å². The van der Waals surface area contributed by atoms with Gasteiger partial charge in [-0.2, -0.15) is 10.4 Å². The molecule has 1 saturated heterocycles. The quantitative estimate of drug-likeness (QED) is 0.635. The van der Waals surface area contributed by atoms with Gasteiger partial charge in [0.15, 0.2) is 5.82 Å². The summed E-state index contributed by atoms with van der Waals surface area (Å²) < 4.78 is 0. The smallest absolute Gasteiger partial charge is 0.163 e. The third-order valence-electron chi connectivity index (χ3n) is 4.55. The highest BCUT2D eigenvalue weighted by Gasteiger charge is 2.16. The molecule has 1 aromatic heterocycles. The van der Waals surface area contributed by atoms with Crippen molar-refractivity contribution in [2.24, 2.45) is 0 Å². The van der Waals surface area contributed by atoms with Crippen molar-refractivity contribution in [2.45, 2.75) is 51.5 Å². The SMILES string of the molecule is CCN1CCC(NCCCCCc2[nH]nc(N)c2C#N)CC1. The number of hydrogen-bond acceptors (Lipinski definition) is 5. The van der Waals surface area contributed by atoms with Gasteiger partial charge >= 0.3 is 0 Å². The molecule has 0 spiro atoms. The molecule has 1 fully saturated rings. The van der Waals surface area contributed by atoms with E-state index < -0.39 is 0 Å². The molecule has 0 atom stereocenters. The first kappa shape index (κ1) is 16.8. The zero-order valence-electron chi connectivity index (χ0n) is 13.6. The van der Waals surface area contributed by atoms with Gasteiger partial charge in [-0.3, -0.25) is 5.10 Å². The van der Waals surface area contributed by atoms with Gasteiger partial charge in [-0.15, -0.1) is 0 Å². The highest BCUT2D eigenvalue weighted by atomic mass is 15.2. The molecular weight excluding hydrogens is 276 g/mol. The topological polar surface area (TPSA) is 93.8 Å². The molecule has 2 heterocycles. The van der Waals surface area contributed by atoms with Gasteiger partial charge in [-0.25, -0.2) is 0 Å². The van der Waals surface area contributed by atoms with Gasteiger partial charge in [0.1, 0.15) is 11.6 Å². The number of nitrogens with zero attached hydrogens (tertiary/aromatic N) is 3. The van der Waals surface area contributed by atoms with E-state index in [0.29, 0.717) is 17.4 Å². The van der Waals surface area contributed by atoms with Crippen LogP contribution in [0.25, 0.3) is 0 Å². The van der Waals surface area contributed by atoms with Crippen LogP contribution in [0.5, 0.6) is 0 Å². The van der Waals surface area contributed by atoms with Crippen molar-refractivity contribution < 1.29 is 0 Å². The lowest BCUT2D eigenvalue weighted by molar-refractivity contribution is 0.206. The van der Waals surface area contributed by atoms with Gasteiger partial charge in [0.25, 0.3) is 0 Å². The van der Waals surface area contributed by atoms with Crippen LogP contribution in [0, 0.1) is 11.3 Å². The molecule has 0 saturated carbocycles. The van der Waals surface area contributed by atoms with Gasteiger partial charge in [-0.05, 0) is 58.3 Å². The Bertz CT molecular complexity index is 481. The van der Waals surface area contributed by atoms with Crippen LogP contribution in [0.2, 0.25) is 0 Å². The number of hydrogen-bond donors (Lipinski definition) is 3. The number of H-pyrrole nitrogens is 1. The van der Waals surface area contributed by atoms with Gasteiger partial charge in [0, 0.05) is 6.04 Å². The number of nitrogens with one attached hydrogen (secondary N) is 2. The molecule has 0 radical (unpaired) electrons. The zero-order chi connectivity index (χ0) is 15.8. The Balaban J connectivity index is 1.54. The highest BCUT2D eigenvalue weighted by molar-refractivity contribution is 5.50. The van der Waals surface area contributed by atoms with Crippen LogP contribution in [0.15, 0.2) is 0 Å². The minimum Gasteiger partial charge on any atom is -0.381 e. The molecule has 1 aliphatic rings. The van der Waals surface area contributed by atoms with Crippen molar-refractivity contribution in [3.05, 3.63) is 11.3 Å². The van der Waals surface area contributed by atoms with Crippen LogP contribution in [0.4, 0.5) is 5.82 Å². The Morgan fingerprint density at radius 2 is 2.14 bits per heavy atom. The van der Waals surface area contributed by atoms with E-state index in [1.807, 2.05) is 0 Å². The summed E-state index contributed by atoms with van der Waals surface area (Å²) in [5.41, 5.74) is 7.02. The van der Waals surface area contributed by atoms with Crippen LogP contribution < -0.4 is 11.1 Å². The number of aryl methyl sites for hydroxylation is 1. The van der Waals surface area contributed by atoms with E-state index in [2.05, 4.69) is 33.4 Å². The lowest BCUT2D eigenvalue weighted by Crippen LogP contribution is -2.42. The van der Waals surface area contributed by atoms with E-state index in [0.717, 1.165) is 31.5 Å². The molecule has 122 valence electrons. The minimum absolute atomic E-state index is 0.317. The number of anilines is 1. The molecule has 0 aromatic carbocycles. The fraction of sp³-hybridized carbons (Fsp3) is 0.750. The first-order valence-corrected chi connectivity index (χ1v) is 8.43. The number of nitrogen functional groups attached to an aromatic ring is 1. The number of piperidine rings is 1. The van der Waals surface area contributed by atoms with Gasteiger partial charge in [-0.1, -0.05) is 13.3 Å². The largest absolute Gasteiger partial charge is 0.381 e. The fourth-order valence-electron chi connectivity index (χ4n) is 3.06. The van der Waals surface area contributed by atoms with E-state index in [1.165, 1.54) is 38.9 Å². The molecule has 0 bridgehead atoms. The Kier molecular flexibility index (Phi) is 6.69. The normalized spacial score (nSPS) is 16.7. The second-order valence-corrected chi connectivity index (χ2v) is 6.05. The van der Waals surface area contributed by atoms with Crippen molar-refractivity contribution >= 4 is 5.82 Å². The molecule has 0 aliphatic carbocycles.